The summed E-state index contributed by atoms with van der Waals surface area (Å²) in [4.78, 5) is 33.9. The molecule has 2 aromatic rings. The Morgan fingerprint density at radius 3 is 2.39 bits per heavy atom. The molecule has 7 nitrogen and oxygen atoms in total. The Hall–Kier alpha value is -3.22. The number of carbonyl (C=O) groups excluding carboxylic acids is 1. The van der Waals surface area contributed by atoms with E-state index in [1.807, 2.05) is 19.9 Å². The number of hydrogen-bond donors (Lipinski definition) is 2. The Bertz CT molecular complexity index is 814. The summed E-state index contributed by atoms with van der Waals surface area (Å²) in [7, 11) is 0. The lowest BCUT2D eigenvalue weighted by Gasteiger charge is -2.11. The van der Waals surface area contributed by atoms with Crippen LogP contribution in [0.3, 0.4) is 0 Å². The number of carbonyl (C=O) groups is 2. The molecule has 2 aromatic carbocycles. The van der Waals surface area contributed by atoms with Gasteiger partial charge in [-0.1, -0.05) is 18.2 Å². The second-order valence-corrected chi connectivity index (χ2v) is 4.96. The number of nitro groups is 1. The second kappa shape index (κ2) is 6.27. The van der Waals surface area contributed by atoms with Gasteiger partial charge in [0.05, 0.1) is 10.5 Å². The minimum absolute atomic E-state index is 0.257. The predicted molar refractivity (Wildman–Crippen MR) is 83.9 cm³/mol. The number of benzene rings is 2. The normalized spacial score (nSPS) is 10.2. The van der Waals surface area contributed by atoms with Crippen molar-refractivity contribution in [1.29, 1.82) is 0 Å². The highest BCUT2D eigenvalue weighted by Gasteiger charge is 2.27. The number of aromatic carboxylic acids is 1. The number of aryl methyl sites for hydroxylation is 1. The molecule has 0 aliphatic heterocycles. The van der Waals surface area contributed by atoms with E-state index in [9.17, 15) is 24.8 Å². The van der Waals surface area contributed by atoms with Crippen LogP contribution in [-0.2, 0) is 0 Å². The maximum Gasteiger partial charge on any atom is 0.343 e. The summed E-state index contributed by atoms with van der Waals surface area (Å²) in [5.41, 5.74) is 0.820. The summed E-state index contributed by atoms with van der Waals surface area (Å²) in [5, 5.41) is 22.8. The van der Waals surface area contributed by atoms with Gasteiger partial charge in [0.1, 0.15) is 5.56 Å². The van der Waals surface area contributed by atoms with Crippen LogP contribution in [0.5, 0.6) is 0 Å². The van der Waals surface area contributed by atoms with Crippen LogP contribution >= 0.6 is 0 Å². The molecule has 1 amide bonds. The van der Waals surface area contributed by atoms with Crippen LogP contribution < -0.4 is 5.32 Å². The van der Waals surface area contributed by atoms with E-state index < -0.39 is 28.1 Å². The lowest BCUT2D eigenvalue weighted by atomic mass is 10.0. The fraction of sp³-hybridized carbons (Fsp3) is 0.125. The first-order valence-corrected chi connectivity index (χ1v) is 6.71. The molecule has 0 radical (unpaired) electrons. The topological polar surface area (TPSA) is 110 Å². The number of carboxylic acids is 1. The number of anilines is 1. The van der Waals surface area contributed by atoms with Crippen molar-refractivity contribution >= 4 is 23.3 Å². The molecule has 0 atom stereocenters. The first kappa shape index (κ1) is 16.2. The fourth-order valence-electron chi connectivity index (χ4n) is 2.18. The van der Waals surface area contributed by atoms with Gasteiger partial charge in [-0.05, 0) is 37.1 Å². The monoisotopic (exact) mass is 314 g/mol. The van der Waals surface area contributed by atoms with Crippen LogP contribution in [-0.4, -0.2) is 21.9 Å². The summed E-state index contributed by atoms with van der Waals surface area (Å²) in [6.45, 7) is 3.69. The largest absolute Gasteiger partial charge is 0.477 e. The third-order valence-corrected chi connectivity index (χ3v) is 3.55. The van der Waals surface area contributed by atoms with Crippen molar-refractivity contribution in [3.63, 3.8) is 0 Å². The number of nitro benzene ring substituents is 1. The third kappa shape index (κ3) is 3.18. The molecule has 0 spiro atoms. The molecule has 23 heavy (non-hydrogen) atoms. The van der Waals surface area contributed by atoms with Gasteiger partial charge in [0.15, 0.2) is 0 Å². The number of nitrogens with one attached hydrogen (secondary N) is 1. The van der Waals surface area contributed by atoms with Crippen LogP contribution in [0.4, 0.5) is 11.4 Å². The molecule has 2 N–H and O–H groups in total. The molecule has 7 heteroatoms. The molecule has 2 rings (SSSR count). The first-order chi connectivity index (χ1) is 10.8. The summed E-state index contributed by atoms with van der Waals surface area (Å²) in [6, 6.07) is 8.89. The van der Waals surface area contributed by atoms with E-state index in [0.717, 1.165) is 17.2 Å². The Kier molecular flexibility index (Phi) is 4.40. The Morgan fingerprint density at radius 1 is 1.13 bits per heavy atom. The molecule has 0 aliphatic carbocycles. The number of hydrogen-bond acceptors (Lipinski definition) is 4. The maximum absolute atomic E-state index is 12.4. The molecule has 0 unspecified atom stereocenters. The van der Waals surface area contributed by atoms with Crippen molar-refractivity contribution < 1.29 is 19.6 Å². The van der Waals surface area contributed by atoms with E-state index in [1.54, 1.807) is 12.1 Å². The zero-order valence-electron chi connectivity index (χ0n) is 12.5. The quantitative estimate of drug-likeness (QED) is 0.665. The highest BCUT2D eigenvalue weighted by atomic mass is 16.6. The van der Waals surface area contributed by atoms with Crippen molar-refractivity contribution in [3.05, 3.63) is 68.8 Å². The van der Waals surface area contributed by atoms with Crippen molar-refractivity contribution in [2.45, 2.75) is 13.8 Å². The van der Waals surface area contributed by atoms with Gasteiger partial charge in [-0.3, -0.25) is 14.9 Å². The van der Waals surface area contributed by atoms with E-state index in [2.05, 4.69) is 5.32 Å². The Morgan fingerprint density at radius 2 is 1.78 bits per heavy atom. The summed E-state index contributed by atoms with van der Waals surface area (Å²) in [6.07, 6.45) is 0. The molecular formula is C16H14N2O5. The average molecular weight is 314 g/mol. The van der Waals surface area contributed by atoms with Gasteiger partial charge in [-0.2, -0.15) is 0 Å². The van der Waals surface area contributed by atoms with Crippen molar-refractivity contribution in [3.8, 4) is 0 Å². The van der Waals surface area contributed by atoms with E-state index in [-0.39, 0.29) is 5.56 Å². The van der Waals surface area contributed by atoms with E-state index in [1.165, 1.54) is 12.1 Å². The Labute approximate surface area is 131 Å². The second-order valence-electron chi connectivity index (χ2n) is 4.96. The van der Waals surface area contributed by atoms with E-state index >= 15 is 0 Å². The standard InChI is InChI=1S/C16H14N2O5/c1-9-5-3-7-12(10(9)2)17-15(19)11-6-4-8-13(18(22)23)14(11)16(20)21/h3-8H,1-2H3,(H,17,19)(H,20,21). The number of amides is 1. The zero-order chi connectivity index (χ0) is 17.1. The van der Waals surface area contributed by atoms with Gasteiger partial charge in [-0.15, -0.1) is 0 Å². The predicted octanol–water partition coefficient (Wildman–Crippen LogP) is 3.16. The molecular weight excluding hydrogens is 300 g/mol. The highest BCUT2D eigenvalue weighted by molar-refractivity contribution is 6.12. The van der Waals surface area contributed by atoms with Crippen LogP contribution in [0.1, 0.15) is 31.8 Å². The molecule has 0 saturated carbocycles. The smallest absolute Gasteiger partial charge is 0.343 e. The van der Waals surface area contributed by atoms with Gasteiger partial charge in [0, 0.05) is 11.8 Å². The Balaban J connectivity index is 2.48. The fourth-order valence-corrected chi connectivity index (χ4v) is 2.18. The minimum atomic E-state index is -1.52. The number of rotatable bonds is 4. The van der Waals surface area contributed by atoms with Gasteiger partial charge >= 0.3 is 5.97 Å². The highest BCUT2D eigenvalue weighted by Crippen LogP contribution is 2.24. The first-order valence-electron chi connectivity index (χ1n) is 6.71. The van der Waals surface area contributed by atoms with Crippen LogP contribution in [0.25, 0.3) is 0 Å². The van der Waals surface area contributed by atoms with Crippen LogP contribution in [0.2, 0.25) is 0 Å². The van der Waals surface area contributed by atoms with Crippen molar-refractivity contribution in [1.82, 2.24) is 0 Å². The van der Waals surface area contributed by atoms with Crippen LogP contribution in [0, 0.1) is 24.0 Å². The third-order valence-electron chi connectivity index (χ3n) is 3.55. The number of nitrogens with zero attached hydrogens (tertiary/aromatic N) is 1. The molecule has 0 fully saturated rings. The van der Waals surface area contributed by atoms with Gasteiger partial charge in [0.25, 0.3) is 11.6 Å². The molecule has 0 saturated heterocycles. The molecule has 0 aromatic heterocycles. The zero-order valence-corrected chi connectivity index (χ0v) is 12.5. The average Bonchev–Trinajstić information content (AvgIpc) is 2.50. The maximum atomic E-state index is 12.4. The van der Waals surface area contributed by atoms with Gasteiger partial charge < -0.3 is 10.4 Å². The van der Waals surface area contributed by atoms with Gasteiger partial charge in [-0.25, -0.2) is 4.79 Å². The van der Waals surface area contributed by atoms with E-state index in [4.69, 9.17) is 0 Å². The van der Waals surface area contributed by atoms with Crippen molar-refractivity contribution in [2.75, 3.05) is 5.32 Å². The lowest BCUT2D eigenvalue weighted by molar-refractivity contribution is -0.385. The van der Waals surface area contributed by atoms with Crippen molar-refractivity contribution in [2.24, 2.45) is 0 Å². The molecule has 0 bridgehead atoms. The lowest BCUT2D eigenvalue weighted by Crippen LogP contribution is -2.18. The van der Waals surface area contributed by atoms with E-state index in [0.29, 0.717) is 5.69 Å². The summed E-state index contributed by atoms with van der Waals surface area (Å²) < 4.78 is 0. The molecule has 0 aliphatic rings. The number of carboxylic acid groups (broad SMARTS) is 1. The molecule has 118 valence electrons. The summed E-state index contributed by atoms with van der Waals surface area (Å²) >= 11 is 0. The minimum Gasteiger partial charge on any atom is -0.477 e. The SMILES string of the molecule is Cc1cccc(NC(=O)c2cccc([N+](=O)[O-])c2C(=O)O)c1C. The summed E-state index contributed by atoms with van der Waals surface area (Å²) in [5.74, 6) is -2.23. The van der Waals surface area contributed by atoms with Gasteiger partial charge in [0.2, 0.25) is 0 Å². The van der Waals surface area contributed by atoms with Crippen LogP contribution in [0.15, 0.2) is 36.4 Å². The molecule has 0 heterocycles.